The summed E-state index contributed by atoms with van der Waals surface area (Å²) in [5, 5.41) is 8.72. The normalized spacial score (nSPS) is 10.4. The van der Waals surface area contributed by atoms with Crippen molar-refractivity contribution in [3.8, 4) is 0 Å². The Labute approximate surface area is 110 Å². The molecule has 0 aliphatic heterocycles. The van der Waals surface area contributed by atoms with Crippen molar-refractivity contribution < 1.29 is 14.6 Å². The molecule has 0 radical (unpaired) electrons. The van der Waals surface area contributed by atoms with Gasteiger partial charge < -0.3 is 20.5 Å². The van der Waals surface area contributed by atoms with Crippen LogP contribution in [0.25, 0.3) is 0 Å². The topological polar surface area (TPSA) is 88.7 Å². The van der Waals surface area contributed by atoms with E-state index in [9.17, 15) is 4.79 Å². The van der Waals surface area contributed by atoms with Crippen molar-refractivity contribution in [2.75, 3.05) is 39.1 Å². The zero-order valence-corrected chi connectivity index (χ0v) is 10.9. The number of hydrogen-bond acceptors (Lipinski definition) is 5. The maximum Gasteiger partial charge on any atom is 0.253 e. The van der Waals surface area contributed by atoms with E-state index in [0.29, 0.717) is 18.7 Å². The molecule has 1 aromatic rings. The van der Waals surface area contributed by atoms with Gasteiger partial charge in [-0.2, -0.15) is 0 Å². The minimum atomic E-state index is -0.210. The Kier molecular flexibility index (Phi) is 5.84. The lowest BCUT2D eigenvalue weighted by Crippen LogP contribution is -2.30. The van der Waals surface area contributed by atoms with Crippen molar-refractivity contribution in [2.24, 2.45) is 0 Å². The lowest BCUT2D eigenvalue weighted by molar-refractivity contribution is 0.0618. The summed E-state index contributed by atoms with van der Waals surface area (Å²) < 4.78 is 5.08. The summed E-state index contributed by atoms with van der Waals surface area (Å²) in [4.78, 5) is 17.3. The first kappa shape index (κ1) is 14.7. The number of rotatable bonds is 6. The molecule has 0 aliphatic carbocycles. The summed E-state index contributed by atoms with van der Waals surface area (Å²) in [5.74, 6) is -0.00520. The fraction of sp³-hybridized carbons (Fsp3) is 0.455. The summed E-state index contributed by atoms with van der Waals surface area (Å²) >= 11 is 5.73. The SMILES string of the molecule is CN(CCOCCO)C(=O)c1cc(N)nc(Cl)c1. The fourth-order valence-corrected chi connectivity index (χ4v) is 1.55. The minimum absolute atomic E-state index is 0.0336. The van der Waals surface area contributed by atoms with Crippen molar-refractivity contribution >= 4 is 23.3 Å². The third-order valence-electron chi connectivity index (χ3n) is 2.21. The molecule has 0 saturated heterocycles. The number of carbonyl (C=O) groups excluding carboxylic acids is 1. The molecule has 0 aromatic carbocycles. The predicted octanol–water partition coefficient (Wildman–Crippen LogP) is 0.398. The van der Waals surface area contributed by atoms with E-state index in [2.05, 4.69) is 4.98 Å². The van der Waals surface area contributed by atoms with E-state index < -0.39 is 0 Å². The number of nitrogen functional groups attached to an aromatic ring is 1. The Morgan fingerprint density at radius 1 is 1.56 bits per heavy atom. The average Bonchev–Trinajstić information content (AvgIpc) is 2.32. The number of carbonyl (C=O) groups is 1. The molecule has 3 N–H and O–H groups in total. The van der Waals surface area contributed by atoms with E-state index in [4.69, 9.17) is 27.2 Å². The van der Waals surface area contributed by atoms with E-state index >= 15 is 0 Å². The molecule has 0 atom stereocenters. The van der Waals surface area contributed by atoms with Gasteiger partial charge in [-0.05, 0) is 12.1 Å². The molecule has 1 aromatic heterocycles. The number of aromatic nitrogens is 1. The molecular formula is C11H16ClN3O3. The Morgan fingerprint density at radius 2 is 2.28 bits per heavy atom. The highest BCUT2D eigenvalue weighted by Gasteiger charge is 2.13. The Morgan fingerprint density at radius 3 is 2.89 bits per heavy atom. The van der Waals surface area contributed by atoms with Gasteiger partial charge in [-0.15, -0.1) is 0 Å². The van der Waals surface area contributed by atoms with Crippen molar-refractivity contribution in [1.82, 2.24) is 9.88 Å². The summed E-state index contributed by atoms with van der Waals surface area (Å²) in [7, 11) is 1.65. The number of aliphatic hydroxyl groups excluding tert-OH is 1. The standard InChI is InChI=1S/C11H16ClN3O3/c1-15(2-4-18-5-3-16)11(17)8-6-9(12)14-10(13)7-8/h6-7,16H,2-5H2,1H3,(H2,13,14). The molecule has 0 bridgehead atoms. The van der Waals surface area contributed by atoms with Gasteiger partial charge in [0.25, 0.3) is 5.91 Å². The van der Waals surface area contributed by atoms with Gasteiger partial charge in [-0.1, -0.05) is 11.6 Å². The van der Waals surface area contributed by atoms with E-state index in [0.717, 1.165) is 0 Å². The van der Waals surface area contributed by atoms with Crippen LogP contribution in [0.1, 0.15) is 10.4 Å². The molecule has 0 saturated carbocycles. The van der Waals surface area contributed by atoms with Crippen LogP contribution in [-0.4, -0.2) is 54.3 Å². The van der Waals surface area contributed by atoms with Gasteiger partial charge in [0.1, 0.15) is 11.0 Å². The number of halogens is 1. The number of pyridine rings is 1. The van der Waals surface area contributed by atoms with Gasteiger partial charge in [-0.25, -0.2) is 4.98 Å². The number of likely N-dealkylation sites (N-methyl/N-ethyl adjacent to an activating group) is 1. The van der Waals surface area contributed by atoms with Crippen LogP contribution < -0.4 is 5.73 Å². The van der Waals surface area contributed by atoms with Gasteiger partial charge in [0.2, 0.25) is 0 Å². The molecule has 100 valence electrons. The molecule has 1 amide bonds. The molecule has 7 heteroatoms. The van der Waals surface area contributed by atoms with Gasteiger partial charge in [0.05, 0.1) is 19.8 Å². The van der Waals surface area contributed by atoms with Crippen LogP contribution in [0.5, 0.6) is 0 Å². The first-order chi connectivity index (χ1) is 8.54. The molecule has 0 spiro atoms. The number of hydrogen-bond donors (Lipinski definition) is 2. The van der Waals surface area contributed by atoms with Crippen LogP contribution in [0, 0.1) is 0 Å². The first-order valence-corrected chi connectivity index (χ1v) is 5.79. The van der Waals surface area contributed by atoms with E-state index in [1.807, 2.05) is 0 Å². The third-order valence-corrected chi connectivity index (χ3v) is 2.41. The van der Waals surface area contributed by atoms with Crippen molar-refractivity contribution in [2.45, 2.75) is 0 Å². The van der Waals surface area contributed by atoms with Crippen LogP contribution >= 0.6 is 11.6 Å². The second kappa shape index (κ2) is 7.15. The molecule has 1 heterocycles. The van der Waals surface area contributed by atoms with Gasteiger partial charge in [0, 0.05) is 19.2 Å². The second-order valence-corrected chi connectivity index (χ2v) is 4.05. The van der Waals surface area contributed by atoms with Crippen LogP contribution in [0.15, 0.2) is 12.1 Å². The smallest absolute Gasteiger partial charge is 0.253 e. The summed E-state index contributed by atoms with van der Waals surface area (Å²) in [6.07, 6.45) is 0. The number of ether oxygens (including phenoxy) is 1. The van der Waals surface area contributed by atoms with Gasteiger partial charge >= 0.3 is 0 Å². The van der Waals surface area contributed by atoms with Gasteiger partial charge in [0.15, 0.2) is 0 Å². The second-order valence-electron chi connectivity index (χ2n) is 3.67. The number of amides is 1. The minimum Gasteiger partial charge on any atom is -0.394 e. The molecular weight excluding hydrogens is 258 g/mol. The van der Waals surface area contributed by atoms with Crippen LogP contribution in [0.4, 0.5) is 5.82 Å². The molecule has 18 heavy (non-hydrogen) atoms. The largest absolute Gasteiger partial charge is 0.394 e. The first-order valence-electron chi connectivity index (χ1n) is 5.41. The predicted molar refractivity (Wildman–Crippen MR) is 68.5 cm³/mol. The van der Waals surface area contributed by atoms with Crippen LogP contribution in [0.2, 0.25) is 5.15 Å². The van der Waals surface area contributed by atoms with Crippen molar-refractivity contribution in [3.63, 3.8) is 0 Å². The summed E-state index contributed by atoms with van der Waals surface area (Å²) in [6, 6.07) is 2.94. The van der Waals surface area contributed by atoms with Crippen molar-refractivity contribution in [3.05, 3.63) is 22.8 Å². The Balaban J connectivity index is 2.57. The average molecular weight is 274 g/mol. The molecule has 1 rings (SSSR count). The lowest BCUT2D eigenvalue weighted by atomic mass is 10.2. The zero-order valence-electron chi connectivity index (χ0n) is 10.1. The lowest BCUT2D eigenvalue weighted by Gasteiger charge is -2.17. The monoisotopic (exact) mass is 273 g/mol. The third kappa shape index (κ3) is 4.48. The zero-order chi connectivity index (χ0) is 13.5. The van der Waals surface area contributed by atoms with Crippen LogP contribution in [-0.2, 0) is 4.74 Å². The molecule has 0 unspecified atom stereocenters. The number of nitrogens with zero attached hydrogens (tertiary/aromatic N) is 2. The Hall–Kier alpha value is -1.37. The quantitative estimate of drug-likeness (QED) is 0.578. The highest BCUT2D eigenvalue weighted by molar-refractivity contribution is 6.29. The summed E-state index contributed by atoms with van der Waals surface area (Å²) in [6.45, 7) is 1.000. The molecule has 0 fully saturated rings. The van der Waals surface area contributed by atoms with Gasteiger partial charge in [-0.3, -0.25) is 4.79 Å². The number of aliphatic hydroxyl groups is 1. The van der Waals surface area contributed by atoms with Crippen LogP contribution in [0.3, 0.4) is 0 Å². The maximum atomic E-state index is 12.0. The highest BCUT2D eigenvalue weighted by Crippen LogP contribution is 2.13. The van der Waals surface area contributed by atoms with E-state index in [1.54, 1.807) is 7.05 Å². The summed E-state index contributed by atoms with van der Waals surface area (Å²) in [5.41, 5.74) is 5.90. The molecule has 6 nitrogen and oxygen atoms in total. The van der Waals surface area contributed by atoms with Crippen molar-refractivity contribution in [1.29, 1.82) is 0 Å². The Bertz CT molecular complexity index is 394. The number of anilines is 1. The maximum absolute atomic E-state index is 12.0. The molecule has 0 aliphatic rings. The highest BCUT2D eigenvalue weighted by atomic mass is 35.5. The van der Waals surface area contributed by atoms with E-state index in [1.165, 1.54) is 17.0 Å². The number of nitrogens with two attached hydrogens (primary N) is 1. The van der Waals surface area contributed by atoms with E-state index in [-0.39, 0.29) is 30.1 Å². The fourth-order valence-electron chi connectivity index (χ4n) is 1.33.